The number of sulfonamides is 1. The van der Waals surface area contributed by atoms with Gasteiger partial charge >= 0.3 is 0 Å². The van der Waals surface area contributed by atoms with Gasteiger partial charge in [0, 0.05) is 18.3 Å². The van der Waals surface area contributed by atoms with Crippen molar-refractivity contribution in [2.45, 2.75) is 11.4 Å². The lowest BCUT2D eigenvalue weighted by Gasteiger charge is -2.11. The summed E-state index contributed by atoms with van der Waals surface area (Å²) in [6, 6.07) is 13.8. The van der Waals surface area contributed by atoms with Gasteiger partial charge in [-0.2, -0.15) is 0 Å². The van der Waals surface area contributed by atoms with Crippen molar-refractivity contribution in [2.75, 3.05) is 0 Å². The van der Waals surface area contributed by atoms with E-state index in [-0.39, 0.29) is 17.3 Å². The molecule has 0 atom stereocenters. The highest BCUT2D eigenvalue weighted by atomic mass is 32.2. The molecule has 1 heterocycles. The fraction of sp³-hybridized carbons (Fsp3) is 0.0556. The number of nitrogens with zero attached hydrogens (tertiary/aromatic N) is 1. The molecule has 128 valence electrons. The van der Waals surface area contributed by atoms with Crippen molar-refractivity contribution in [3.8, 4) is 11.3 Å². The molecular weight excluding hydrogens is 346 g/mol. The quantitative estimate of drug-likeness (QED) is 0.758. The molecule has 0 aliphatic heterocycles. The molecule has 0 unspecified atom stereocenters. The smallest absolute Gasteiger partial charge is 0.240 e. The number of hydrogen-bond acceptors (Lipinski definition) is 3. The van der Waals surface area contributed by atoms with Gasteiger partial charge in [0.15, 0.2) is 0 Å². The van der Waals surface area contributed by atoms with Crippen molar-refractivity contribution in [2.24, 2.45) is 0 Å². The molecular formula is C18H14F2N2O2S. The molecule has 2 aromatic carbocycles. The van der Waals surface area contributed by atoms with Crippen molar-refractivity contribution in [1.29, 1.82) is 0 Å². The fourth-order valence-electron chi connectivity index (χ4n) is 2.32. The van der Waals surface area contributed by atoms with Gasteiger partial charge in [-0.1, -0.05) is 6.07 Å². The summed E-state index contributed by atoms with van der Waals surface area (Å²) < 4.78 is 53.1. The van der Waals surface area contributed by atoms with Crippen molar-refractivity contribution >= 4 is 10.0 Å². The standard InChI is InChI=1S/C18H14F2N2O2S/c19-15-5-3-13(4-6-15)18-14(2-1-11-21-18)12-22-25(23,24)17-9-7-16(20)8-10-17/h1-11,22H,12H2. The first-order chi connectivity index (χ1) is 12.0. The maximum Gasteiger partial charge on any atom is 0.240 e. The van der Waals surface area contributed by atoms with Crippen LogP contribution in [0.3, 0.4) is 0 Å². The normalized spacial score (nSPS) is 11.4. The van der Waals surface area contributed by atoms with Crippen LogP contribution in [0.1, 0.15) is 5.56 Å². The van der Waals surface area contributed by atoms with Crippen LogP contribution in [0.15, 0.2) is 71.8 Å². The lowest BCUT2D eigenvalue weighted by Crippen LogP contribution is -2.23. The number of halogens is 2. The Bertz CT molecular complexity index is 973. The second-order valence-electron chi connectivity index (χ2n) is 5.30. The Morgan fingerprint density at radius 3 is 2.12 bits per heavy atom. The molecule has 0 radical (unpaired) electrons. The first kappa shape index (κ1) is 17.2. The van der Waals surface area contributed by atoms with E-state index in [1.807, 2.05) is 0 Å². The van der Waals surface area contributed by atoms with Crippen molar-refractivity contribution < 1.29 is 17.2 Å². The summed E-state index contributed by atoms with van der Waals surface area (Å²) in [5.41, 5.74) is 1.88. The second kappa shape index (κ2) is 7.08. The topological polar surface area (TPSA) is 59.1 Å². The Morgan fingerprint density at radius 2 is 1.48 bits per heavy atom. The predicted octanol–water partition coefficient (Wildman–Crippen LogP) is 3.51. The second-order valence-corrected chi connectivity index (χ2v) is 7.06. The molecule has 0 amide bonds. The number of rotatable bonds is 5. The predicted molar refractivity (Wildman–Crippen MR) is 90.1 cm³/mol. The van der Waals surface area contributed by atoms with Gasteiger partial charge < -0.3 is 0 Å². The van der Waals surface area contributed by atoms with Crippen LogP contribution in [0.5, 0.6) is 0 Å². The van der Waals surface area contributed by atoms with E-state index in [0.717, 1.165) is 12.1 Å². The van der Waals surface area contributed by atoms with Crippen LogP contribution in [0.25, 0.3) is 11.3 Å². The Morgan fingerprint density at radius 1 is 0.880 bits per heavy atom. The number of aromatic nitrogens is 1. The molecule has 0 saturated heterocycles. The molecule has 3 aromatic rings. The first-order valence-corrected chi connectivity index (χ1v) is 8.89. The monoisotopic (exact) mass is 360 g/mol. The van der Waals surface area contributed by atoms with Crippen molar-refractivity contribution in [3.05, 3.63) is 84.1 Å². The molecule has 1 N–H and O–H groups in total. The number of pyridine rings is 1. The summed E-state index contributed by atoms with van der Waals surface area (Å²) in [7, 11) is -3.79. The third kappa shape index (κ3) is 4.07. The van der Waals surface area contributed by atoms with Gasteiger partial charge in [0.1, 0.15) is 11.6 Å². The van der Waals surface area contributed by atoms with Crippen LogP contribution < -0.4 is 4.72 Å². The minimum Gasteiger partial charge on any atom is -0.256 e. The van der Waals surface area contributed by atoms with Gasteiger partial charge in [0.25, 0.3) is 0 Å². The van der Waals surface area contributed by atoms with Crippen LogP contribution >= 0.6 is 0 Å². The Labute approximate surface area is 144 Å². The zero-order chi connectivity index (χ0) is 17.9. The van der Waals surface area contributed by atoms with Gasteiger partial charge in [0.05, 0.1) is 10.6 Å². The minimum absolute atomic E-state index is 0.000257. The Hall–Kier alpha value is -2.64. The average molecular weight is 360 g/mol. The van der Waals surface area contributed by atoms with E-state index in [4.69, 9.17) is 0 Å². The molecule has 3 rings (SSSR count). The third-order valence-corrected chi connectivity index (χ3v) is 5.00. The zero-order valence-electron chi connectivity index (χ0n) is 13.0. The summed E-state index contributed by atoms with van der Waals surface area (Å²) in [6.45, 7) is 0.000257. The molecule has 0 saturated carbocycles. The highest BCUT2D eigenvalue weighted by Gasteiger charge is 2.15. The van der Waals surface area contributed by atoms with Crippen molar-refractivity contribution in [1.82, 2.24) is 9.71 Å². The van der Waals surface area contributed by atoms with Crippen LogP contribution in [0.4, 0.5) is 8.78 Å². The Balaban J connectivity index is 1.84. The first-order valence-electron chi connectivity index (χ1n) is 7.41. The van der Waals surface area contributed by atoms with E-state index in [0.29, 0.717) is 16.8 Å². The maximum absolute atomic E-state index is 13.1. The van der Waals surface area contributed by atoms with Gasteiger partial charge in [-0.3, -0.25) is 4.98 Å². The third-order valence-electron chi connectivity index (χ3n) is 3.59. The lowest BCUT2D eigenvalue weighted by molar-refractivity contribution is 0.580. The van der Waals surface area contributed by atoms with Gasteiger partial charge in [-0.15, -0.1) is 0 Å². The van der Waals surface area contributed by atoms with E-state index >= 15 is 0 Å². The van der Waals surface area contributed by atoms with E-state index in [1.165, 1.54) is 24.3 Å². The highest BCUT2D eigenvalue weighted by Crippen LogP contribution is 2.22. The van der Waals surface area contributed by atoms with Crippen LogP contribution in [0, 0.1) is 11.6 Å². The molecule has 0 spiro atoms. The van der Waals surface area contributed by atoms with Crippen molar-refractivity contribution in [3.63, 3.8) is 0 Å². The molecule has 0 aliphatic carbocycles. The SMILES string of the molecule is O=S(=O)(NCc1cccnc1-c1ccc(F)cc1)c1ccc(F)cc1. The van der Waals surface area contributed by atoms with E-state index in [1.54, 1.807) is 30.5 Å². The van der Waals surface area contributed by atoms with Gasteiger partial charge in [0.2, 0.25) is 10.0 Å². The highest BCUT2D eigenvalue weighted by molar-refractivity contribution is 7.89. The summed E-state index contributed by atoms with van der Waals surface area (Å²) in [5, 5.41) is 0. The van der Waals surface area contributed by atoms with Gasteiger partial charge in [-0.25, -0.2) is 21.9 Å². The van der Waals surface area contributed by atoms with Gasteiger partial charge in [-0.05, 0) is 60.2 Å². The largest absolute Gasteiger partial charge is 0.256 e. The fourth-order valence-corrected chi connectivity index (χ4v) is 3.33. The van der Waals surface area contributed by atoms with Crippen LogP contribution in [0.2, 0.25) is 0 Å². The summed E-state index contributed by atoms with van der Waals surface area (Å²) in [6.07, 6.45) is 1.58. The van der Waals surface area contributed by atoms with Crippen LogP contribution in [-0.2, 0) is 16.6 Å². The van der Waals surface area contributed by atoms with E-state index in [9.17, 15) is 17.2 Å². The minimum atomic E-state index is -3.79. The summed E-state index contributed by atoms with van der Waals surface area (Å²) >= 11 is 0. The molecule has 25 heavy (non-hydrogen) atoms. The molecule has 0 aliphatic rings. The van der Waals surface area contributed by atoms with Crippen LogP contribution in [-0.4, -0.2) is 13.4 Å². The maximum atomic E-state index is 13.1. The summed E-state index contributed by atoms with van der Waals surface area (Å²) in [5.74, 6) is -0.872. The number of nitrogens with one attached hydrogen (secondary N) is 1. The molecule has 1 aromatic heterocycles. The molecule has 0 fully saturated rings. The lowest BCUT2D eigenvalue weighted by atomic mass is 10.1. The number of hydrogen-bond donors (Lipinski definition) is 1. The summed E-state index contributed by atoms with van der Waals surface area (Å²) in [4.78, 5) is 4.23. The number of benzene rings is 2. The molecule has 7 heteroatoms. The van der Waals surface area contributed by atoms with E-state index in [2.05, 4.69) is 9.71 Å². The Kier molecular flexibility index (Phi) is 4.87. The molecule has 4 nitrogen and oxygen atoms in total. The average Bonchev–Trinajstić information content (AvgIpc) is 2.61. The molecule has 0 bridgehead atoms. The zero-order valence-corrected chi connectivity index (χ0v) is 13.8. The van der Waals surface area contributed by atoms with E-state index < -0.39 is 15.8 Å².